The molecule has 3 aromatic heterocycles. The molecule has 3 aliphatic rings. The second-order valence-corrected chi connectivity index (χ2v) is 23.9. The number of imide groups is 3. The van der Waals surface area contributed by atoms with Crippen molar-refractivity contribution in [1.82, 2.24) is 16.0 Å². The van der Waals surface area contributed by atoms with Crippen LogP contribution in [0.5, 0.6) is 23.0 Å². The average molecular weight is 1250 g/mol. The summed E-state index contributed by atoms with van der Waals surface area (Å²) >= 11 is 16.3. The van der Waals surface area contributed by atoms with Crippen molar-refractivity contribution in [2.24, 2.45) is 0 Å². The lowest BCUT2D eigenvalue weighted by Crippen LogP contribution is -2.21. The lowest BCUT2D eigenvalue weighted by atomic mass is 10.1. The van der Waals surface area contributed by atoms with E-state index in [1.807, 2.05) is 146 Å². The lowest BCUT2D eigenvalue weighted by molar-refractivity contribution is -0.126. The number of hydrogen-bond acceptors (Lipinski definition) is 16. The normalized spacial score (nSPS) is 16.1. The van der Waals surface area contributed by atoms with Gasteiger partial charge < -0.3 is 32.2 Å². The third-order valence-corrected chi connectivity index (χ3v) is 17.0. The Morgan fingerprint density at radius 3 is 1.20 bits per heavy atom. The van der Waals surface area contributed by atoms with Crippen molar-refractivity contribution in [2.75, 3.05) is 7.11 Å². The van der Waals surface area contributed by atoms with E-state index in [0.717, 1.165) is 74.6 Å². The molecule has 6 aromatic carbocycles. The summed E-state index contributed by atoms with van der Waals surface area (Å²) in [6.45, 7) is 3.36. The van der Waals surface area contributed by atoms with Gasteiger partial charge in [0, 0.05) is 44.0 Å². The Labute approximate surface area is 517 Å². The Bertz CT molecular complexity index is 3890. The Kier molecular flexibility index (Phi) is 20.1. The maximum atomic E-state index is 12.0. The zero-order valence-corrected chi connectivity index (χ0v) is 50.0. The van der Waals surface area contributed by atoms with Gasteiger partial charge in [-0.25, -0.2) is 0 Å². The topological polar surface area (TPSA) is 215 Å². The summed E-state index contributed by atoms with van der Waals surface area (Å²) in [7, 11) is 1.65. The van der Waals surface area contributed by atoms with Gasteiger partial charge in [-0.3, -0.25) is 44.7 Å². The second kappa shape index (κ2) is 28.5. The minimum absolute atomic E-state index is 0.121. The minimum Gasteiger partial charge on any atom is -0.497 e. The molecule has 0 aliphatic carbocycles. The molecule has 0 saturated carbocycles. The first-order valence-electron chi connectivity index (χ1n) is 26.8. The number of methoxy groups -OCH3 is 1. The van der Waals surface area contributed by atoms with Crippen LogP contribution in [0.2, 0.25) is 10.0 Å². The van der Waals surface area contributed by atoms with Crippen LogP contribution in [0.25, 0.3) is 0 Å². The van der Waals surface area contributed by atoms with Gasteiger partial charge in [-0.1, -0.05) is 88.8 Å². The van der Waals surface area contributed by atoms with Crippen LogP contribution >= 0.6 is 58.5 Å². The zero-order chi connectivity index (χ0) is 60.1. The molecule has 3 saturated heterocycles. The van der Waals surface area contributed by atoms with E-state index in [1.165, 1.54) is 47.8 Å². The number of nitrogens with one attached hydrogen (secondary N) is 3. The molecule has 12 rings (SSSR count). The quantitative estimate of drug-likeness (QED) is 0.0642. The van der Waals surface area contributed by atoms with Crippen LogP contribution in [0.1, 0.15) is 76.6 Å². The van der Waals surface area contributed by atoms with Crippen LogP contribution < -0.4 is 34.9 Å². The van der Waals surface area contributed by atoms with E-state index in [-0.39, 0.29) is 54.7 Å². The van der Waals surface area contributed by atoms with Gasteiger partial charge >= 0.3 is 0 Å². The van der Waals surface area contributed by atoms with Crippen molar-refractivity contribution in [3.05, 3.63) is 226 Å². The van der Waals surface area contributed by atoms with Crippen LogP contribution in [-0.2, 0) is 48.6 Å². The molecule has 3 N–H and O–H groups in total. The molecule has 86 heavy (non-hydrogen) atoms. The standard InChI is InChI=1S/C23H21NO5S.2C21H16ClNO4S/c1-14-9-15(11-17(10-14)27-2)13-29-16-3-5-18(6-4-16)30-20-7-8-28-22(20)19-12-21(25)24-23(19)26;22-14-3-1-13(2-4-14)12-27-15-5-7-16(8-6-15)28-18-9-10-26-20(18)17-11-19(24)23-21(17)25;22-14-3-1-2-13(10-14)12-27-15-4-6-16(7-5-15)28-18-8-9-26-20(18)17-11-19(24)23-21(17)25/h3-11,19H,12-13H2,1-2H3,(H,24,25,26);2*1-10,17H,11-12H2,(H,23,24,25). The Morgan fingerprint density at radius 2 is 0.826 bits per heavy atom. The van der Waals surface area contributed by atoms with Crippen molar-refractivity contribution in [1.29, 1.82) is 0 Å². The summed E-state index contributed by atoms with van der Waals surface area (Å²) in [6, 6.07) is 49.5. The summed E-state index contributed by atoms with van der Waals surface area (Å²) in [5, 5.41) is 8.33. The number of halogens is 2. The van der Waals surface area contributed by atoms with Gasteiger partial charge in [0.15, 0.2) is 0 Å². The van der Waals surface area contributed by atoms with E-state index in [2.05, 4.69) is 22.0 Å². The highest BCUT2D eigenvalue weighted by Gasteiger charge is 2.38. The molecule has 9 aromatic rings. The predicted molar refractivity (Wildman–Crippen MR) is 323 cm³/mol. The molecule has 0 spiro atoms. The molecule has 21 heteroatoms. The van der Waals surface area contributed by atoms with E-state index in [9.17, 15) is 28.8 Å². The number of aryl methyl sites for hydroxylation is 1. The molecule has 3 atom stereocenters. The fourth-order valence-electron chi connectivity index (χ4n) is 9.16. The lowest BCUT2D eigenvalue weighted by Gasteiger charge is -2.10. The monoisotopic (exact) mass is 1250 g/mol. The molecular weight excluding hydrogens is 1200 g/mol. The number of carbonyl (C=O) groups is 6. The van der Waals surface area contributed by atoms with Crippen molar-refractivity contribution >= 4 is 93.9 Å². The predicted octanol–water partition coefficient (Wildman–Crippen LogP) is 14.0. The summed E-state index contributed by atoms with van der Waals surface area (Å²) in [5.41, 5.74) is 4.19. The van der Waals surface area contributed by atoms with Crippen molar-refractivity contribution < 1.29 is 61.0 Å². The molecule has 0 bridgehead atoms. The third-order valence-electron chi connectivity index (χ3n) is 13.3. The van der Waals surface area contributed by atoms with Crippen LogP contribution in [-0.4, -0.2) is 42.6 Å². The largest absolute Gasteiger partial charge is 0.497 e. The summed E-state index contributed by atoms with van der Waals surface area (Å²) in [6.07, 6.45) is 4.99. The van der Waals surface area contributed by atoms with E-state index in [0.29, 0.717) is 47.1 Å². The molecule has 16 nitrogen and oxygen atoms in total. The zero-order valence-electron chi connectivity index (χ0n) is 46.0. The Morgan fingerprint density at radius 1 is 0.430 bits per heavy atom. The maximum absolute atomic E-state index is 12.0. The van der Waals surface area contributed by atoms with Crippen LogP contribution in [0, 0.1) is 6.92 Å². The molecule has 3 unspecified atom stereocenters. The van der Waals surface area contributed by atoms with Gasteiger partial charge in [0.25, 0.3) is 0 Å². The highest BCUT2D eigenvalue weighted by Crippen LogP contribution is 2.41. The maximum Gasteiger partial charge on any atom is 0.237 e. The number of furan rings is 3. The second-order valence-electron chi connectivity index (χ2n) is 19.7. The van der Waals surface area contributed by atoms with E-state index in [4.69, 9.17) is 55.4 Å². The highest BCUT2D eigenvalue weighted by atomic mass is 35.5. The van der Waals surface area contributed by atoms with Gasteiger partial charge in [0.05, 0.1) is 40.6 Å². The highest BCUT2D eigenvalue weighted by molar-refractivity contribution is 8.00. The van der Waals surface area contributed by atoms with Gasteiger partial charge in [0.2, 0.25) is 35.4 Å². The Hall–Kier alpha value is -8.59. The minimum atomic E-state index is -0.566. The van der Waals surface area contributed by atoms with Gasteiger partial charge in [-0.15, -0.1) is 0 Å². The fraction of sp³-hybridized carbons (Fsp3) is 0.169. The number of rotatable bonds is 19. The van der Waals surface area contributed by atoms with E-state index < -0.39 is 17.8 Å². The molecule has 3 fully saturated rings. The number of benzene rings is 6. The molecule has 6 heterocycles. The van der Waals surface area contributed by atoms with Gasteiger partial charge in [0.1, 0.15) is 77.9 Å². The first-order valence-corrected chi connectivity index (χ1v) is 30.0. The SMILES string of the molecule is COc1cc(C)cc(COc2ccc(Sc3ccoc3C3CC(=O)NC3=O)cc2)c1.O=C1CC(c2occc2Sc2ccc(OCc3ccc(Cl)cc3)cc2)C(=O)N1.O=C1CC(c2occc2Sc2ccc(OCc3cccc(Cl)c3)cc2)C(=O)N1. The van der Waals surface area contributed by atoms with Crippen LogP contribution in [0.3, 0.4) is 0 Å². The van der Waals surface area contributed by atoms with Crippen molar-refractivity contribution in [3.8, 4) is 23.0 Å². The van der Waals surface area contributed by atoms with E-state index >= 15 is 0 Å². The number of amides is 6. The van der Waals surface area contributed by atoms with Crippen LogP contribution in [0.15, 0.2) is 219 Å². The fourth-order valence-corrected chi connectivity index (χ4v) is 12.3. The Balaban J connectivity index is 0.000000143. The third kappa shape index (κ3) is 16.2. The molecule has 0 radical (unpaired) electrons. The number of ether oxygens (including phenoxy) is 4. The first-order chi connectivity index (χ1) is 41.7. The number of carbonyl (C=O) groups excluding carboxylic acids is 6. The molecule has 6 amide bonds. The molecule has 3 aliphatic heterocycles. The van der Waals surface area contributed by atoms with Gasteiger partial charge in [-0.2, -0.15) is 0 Å². The smallest absolute Gasteiger partial charge is 0.237 e. The molecular formula is C65H53Cl2N3O13S3. The van der Waals surface area contributed by atoms with Crippen molar-refractivity contribution in [3.63, 3.8) is 0 Å². The summed E-state index contributed by atoms with van der Waals surface area (Å²) in [4.78, 5) is 75.6. The van der Waals surface area contributed by atoms with Gasteiger partial charge in [-0.05, 0) is 157 Å². The summed E-state index contributed by atoms with van der Waals surface area (Å²) in [5.74, 6) is 1.20. The average Bonchev–Trinajstić information content (AvgIpc) is 2.94. The summed E-state index contributed by atoms with van der Waals surface area (Å²) < 4.78 is 39.3. The van der Waals surface area contributed by atoms with Crippen molar-refractivity contribution in [2.45, 2.75) is 93.1 Å². The van der Waals surface area contributed by atoms with E-state index in [1.54, 1.807) is 25.5 Å². The van der Waals surface area contributed by atoms with Crippen LogP contribution in [0.4, 0.5) is 0 Å². The first kappa shape index (κ1) is 60.5. The molecule has 438 valence electrons. The number of hydrogen-bond donors (Lipinski definition) is 3.